The van der Waals surface area contributed by atoms with Gasteiger partial charge in [0.25, 0.3) is 0 Å². The highest BCUT2D eigenvalue weighted by molar-refractivity contribution is 7.86. The van der Waals surface area contributed by atoms with Gasteiger partial charge in [-0.1, -0.05) is 48.5 Å². The van der Waals surface area contributed by atoms with Crippen LogP contribution in [0.1, 0.15) is 0 Å². The Hall–Kier alpha value is -3.38. The minimum Gasteiger partial charge on any atom is -0.744 e. The minimum atomic E-state index is -4.85. The lowest BCUT2D eigenvalue weighted by molar-refractivity contribution is 0.457. The Labute approximate surface area is 176 Å². The summed E-state index contributed by atoms with van der Waals surface area (Å²) in [5.74, 6) is -0.570. The van der Waals surface area contributed by atoms with Gasteiger partial charge in [0.05, 0.1) is 15.5 Å². The quantitative estimate of drug-likeness (QED) is 0.360. The van der Waals surface area contributed by atoms with E-state index in [9.17, 15) is 31.0 Å². The highest BCUT2D eigenvalue weighted by Gasteiger charge is 2.16. The van der Waals surface area contributed by atoms with Crippen molar-refractivity contribution in [1.29, 1.82) is 0 Å². The van der Waals surface area contributed by atoms with Crippen molar-refractivity contribution in [3.63, 3.8) is 0 Å². The van der Waals surface area contributed by atoms with Gasteiger partial charge in [0, 0.05) is 27.6 Å². The van der Waals surface area contributed by atoms with E-state index >= 15 is 0 Å². The molecule has 0 aliphatic heterocycles. The van der Waals surface area contributed by atoms with E-state index in [-0.39, 0.29) is 27.5 Å². The van der Waals surface area contributed by atoms with Crippen molar-refractivity contribution in [1.82, 2.24) is 0 Å². The van der Waals surface area contributed by atoms with E-state index in [0.29, 0.717) is 5.39 Å². The number of rotatable bonds is 4. The Kier molecular flexibility index (Phi) is 4.98. The Morgan fingerprint density at radius 2 is 1.16 bits per heavy atom. The molecule has 0 bridgehead atoms. The standard InChI is InChI=1S/C20H14N2O7S2/c23-17-11-19(31(27,28)29)14-7-3-4-8-15(14)20(17)22-21-16-9-10-18(30(24,25)26)13-6-2-1-5-12(13)16/h1-11,23H,(H,24,25,26)(H,27,28,29)/p-2. The summed E-state index contributed by atoms with van der Waals surface area (Å²) >= 11 is 0. The van der Waals surface area contributed by atoms with Crippen molar-refractivity contribution < 1.29 is 31.0 Å². The number of benzene rings is 4. The fourth-order valence-electron chi connectivity index (χ4n) is 3.29. The van der Waals surface area contributed by atoms with Crippen LogP contribution in [0.4, 0.5) is 11.4 Å². The van der Waals surface area contributed by atoms with Crippen molar-refractivity contribution >= 4 is 53.2 Å². The highest BCUT2D eigenvalue weighted by atomic mass is 32.2. The summed E-state index contributed by atoms with van der Waals surface area (Å²) in [6.07, 6.45) is 0. The maximum atomic E-state index is 11.6. The van der Waals surface area contributed by atoms with Crippen LogP contribution in [0.5, 0.6) is 5.75 Å². The van der Waals surface area contributed by atoms with Crippen LogP contribution in [0.25, 0.3) is 21.5 Å². The number of hydrogen-bond acceptors (Lipinski definition) is 9. The lowest BCUT2D eigenvalue weighted by Crippen LogP contribution is -1.99. The molecule has 9 nitrogen and oxygen atoms in total. The molecule has 0 aliphatic carbocycles. The van der Waals surface area contributed by atoms with Crippen molar-refractivity contribution in [2.75, 3.05) is 0 Å². The van der Waals surface area contributed by atoms with Gasteiger partial charge in [-0.2, -0.15) is 0 Å². The van der Waals surface area contributed by atoms with Gasteiger partial charge in [-0.15, -0.1) is 10.2 Å². The molecule has 4 aromatic rings. The molecule has 0 fully saturated rings. The molecular weight excluding hydrogens is 444 g/mol. The Morgan fingerprint density at radius 3 is 1.74 bits per heavy atom. The molecule has 4 rings (SSSR count). The van der Waals surface area contributed by atoms with Crippen LogP contribution >= 0.6 is 0 Å². The Bertz CT molecular complexity index is 1600. The zero-order valence-corrected chi connectivity index (χ0v) is 17.1. The SMILES string of the molecule is O=S(=O)([O-])c1ccc(N=Nc2c(O)cc(S(=O)(=O)[O-])c3ccccc23)c2ccccc12. The molecule has 0 spiro atoms. The van der Waals surface area contributed by atoms with Gasteiger partial charge in [-0.3, -0.25) is 0 Å². The van der Waals surface area contributed by atoms with Gasteiger partial charge in [0.1, 0.15) is 31.7 Å². The number of fused-ring (bicyclic) bond motifs is 2. The van der Waals surface area contributed by atoms with Gasteiger partial charge < -0.3 is 14.2 Å². The van der Waals surface area contributed by atoms with Gasteiger partial charge >= 0.3 is 0 Å². The predicted octanol–water partition coefficient (Wildman–Crippen LogP) is 3.92. The van der Waals surface area contributed by atoms with E-state index in [2.05, 4.69) is 10.2 Å². The van der Waals surface area contributed by atoms with E-state index in [1.54, 1.807) is 24.3 Å². The fraction of sp³-hybridized carbons (Fsp3) is 0. The zero-order valence-electron chi connectivity index (χ0n) is 15.5. The molecule has 0 saturated carbocycles. The number of hydrogen-bond donors (Lipinski definition) is 1. The third-order valence-corrected chi connectivity index (χ3v) is 6.39. The van der Waals surface area contributed by atoms with Crippen LogP contribution in [0.3, 0.4) is 0 Å². The molecule has 0 aromatic heterocycles. The van der Waals surface area contributed by atoms with Gasteiger partial charge in [0.2, 0.25) is 0 Å². The average Bonchev–Trinajstić information content (AvgIpc) is 2.71. The summed E-state index contributed by atoms with van der Waals surface area (Å²) in [7, 11) is -9.57. The van der Waals surface area contributed by atoms with Crippen LogP contribution in [0, 0.1) is 0 Å². The summed E-state index contributed by atoms with van der Waals surface area (Å²) in [6.45, 7) is 0. The van der Waals surface area contributed by atoms with E-state index in [1.165, 1.54) is 30.3 Å². The molecule has 11 heteroatoms. The second-order valence-corrected chi connectivity index (χ2v) is 9.22. The monoisotopic (exact) mass is 456 g/mol. The van der Waals surface area contributed by atoms with Crippen molar-refractivity contribution in [3.05, 3.63) is 66.7 Å². The van der Waals surface area contributed by atoms with Crippen LogP contribution in [-0.4, -0.2) is 31.0 Å². The summed E-state index contributed by atoms with van der Waals surface area (Å²) in [4.78, 5) is -0.990. The molecule has 0 aliphatic rings. The first kappa shape index (κ1) is 20.9. The van der Waals surface area contributed by atoms with Gasteiger partial charge in [0.15, 0.2) is 0 Å². The van der Waals surface area contributed by atoms with E-state index in [0.717, 1.165) is 12.1 Å². The molecule has 1 N–H and O–H groups in total. The second-order valence-electron chi connectivity index (χ2n) is 6.52. The van der Waals surface area contributed by atoms with Crippen molar-refractivity contribution in [3.8, 4) is 5.75 Å². The van der Waals surface area contributed by atoms with Crippen molar-refractivity contribution in [2.24, 2.45) is 10.2 Å². The first-order valence-electron chi connectivity index (χ1n) is 8.67. The number of azo groups is 1. The third kappa shape index (κ3) is 3.86. The summed E-state index contributed by atoms with van der Waals surface area (Å²) < 4.78 is 69.2. The molecule has 0 heterocycles. The zero-order chi connectivity index (χ0) is 22.4. The second kappa shape index (κ2) is 7.39. The summed E-state index contributed by atoms with van der Waals surface area (Å²) in [5, 5.41) is 19.2. The third-order valence-electron chi connectivity index (χ3n) is 4.62. The van der Waals surface area contributed by atoms with E-state index in [1.807, 2.05) is 0 Å². The maximum absolute atomic E-state index is 11.6. The average molecular weight is 456 g/mol. The highest BCUT2D eigenvalue weighted by Crippen LogP contribution is 2.40. The number of phenols is 1. The van der Waals surface area contributed by atoms with Crippen LogP contribution < -0.4 is 0 Å². The molecule has 158 valence electrons. The van der Waals surface area contributed by atoms with E-state index < -0.39 is 35.8 Å². The minimum absolute atomic E-state index is 0.0712. The largest absolute Gasteiger partial charge is 0.744 e. The van der Waals surface area contributed by atoms with Crippen molar-refractivity contribution in [2.45, 2.75) is 9.79 Å². The Balaban J connectivity index is 1.93. The summed E-state index contributed by atoms with van der Waals surface area (Å²) in [6, 6.07) is 15.4. The fourth-order valence-corrected chi connectivity index (χ4v) is 4.67. The van der Waals surface area contributed by atoms with Gasteiger partial charge in [-0.25, -0.2) is 16.8 Å². The van der Waals surface area contributed by atoms with E-state index in [4.69, 9.17) is 0 Å². The molecule has 0 unspecified atom stereocenters. The summed E-state index contributed by atoms with van der Waals surface area (Å²) in [5.41, 5.74) is 0.139. The lowest BCUT2D eigenvalue weighted by atomic mass is 10.1. The predicted molar refractivity (Wildman–Crippen MR) is 110 cm³/mol. The molecule has 0 amide bonds. The van der Waals surface area contributed by atoms with Crippen LogP contribution in [0.15, 0.2) is 86.7 Å². The first-order chi connectivity index (χ1) is 14.6. The number of nitrogens with zero attached hydrogens (tertiary/aromatic N) is 2. The topological polar surface area (TPSA) is 159 Å². The smallest absolute Gasteiger partial charge is 0.145 e. The molecule has 0 atom stereocenters. The van der Waals surface area contributed by atoms with Gasteiger partial charge in [-0.05, 0) is 12.1 Å². The first-order valence-corrected chi connectivity index (χ1v) is 11.5. The molecule has 31 heavy (non-hydrogen) atoms. The number of aromatic hydroxyl groups is 1. The normalized spacial score (nSPS) is 12.7. The van der Waals surface area contributed by atoms with Crippen LogP contribution in [-0.2, 0) is 20.2 Å². The number of phenolic OH excluding ortho intramolecular Hbond substituents is 1. The Morgan fingerprint density at radius 1 is 0.645 bits per heavy atom. The molecular formula is C20H12N2O7S2-2. The maximum Gasteiger partial charge on any atom is 0.145 e. The lowest BCUT2D eigenvalue weighted by Gasteiger charge is -2.13. The molecule has 0 saturated heterocycles. The molecule has 0 radical (unpaired) electrons. The van der Waals surface area contributed by atoms with Crippen LogP contribution in [0.2, 0.25) is 0 Å². The molecule has 4 aromatic carbocycles.